The number of benzene rings is 2. The largest absolute Gasteiger partial charge is 0.441 e. The van der Waals surface area contributed by atoms with E-state index in [2.05, 4.69) is 15.6 Å². The van der Waals surface area contributed by atoms with Gasteiger partial charge in [0.2, 0.25) is 11.8 Å². The van der Waals surface area contributed by atoms with Gasteiger partial charge in [-0.05, 0) is 24.6 Å². The first kappa shape index (κ1) is 19.4. The summed E-state index contributed by atoms with van der Waals surface area (Å²) in [6, 6.07) is 17.0. The fraction of sp³-hybridized carbons (Fsp3) is 0.227. The van der Waals surface area contributed by atoms with Crippen molar-refractivity contribution in [1.82, 2.24) is 10.3 Å². The van der Waals surface area contributed by atoms with Crippen LogP contribution in [0.2, 0.25) is 0 Å². The Morgan fingerprint density at radius 2 is 1.89 bits per heavy atom. The van der Waals surface area contributed by atoms with Crippen LogP contribution in [0.25, 0.3) is 11.3 Å². The molecule has 0 aliphatic rings. The summed E-state index contributed by atoms with van der Waals surface area (Å²) in [6.07, 6.45) is 2.39. The lowest BCUT2D eigenvalue weighted by atomic mass is 10.1. The van der Waals surface area contributed by atoms with Gasteiger partial charge in [0.15, 0.2) is 11.7 Å². The number of oxazole rings is 1. The third-order valence-electron chi connectivity index (χ3n) is 4.26. The van der Waals surface area contributed by atoms with Crippen molar-refractivity contribution in [2.24, 2.45) is 0 Å². The van der Waals surface area contributed by atoms with Crippen molar-refractivity contribution in [1.29, 1.82) is 0 Å². The molecule has 3 aromatic rings. The average molecular weight is 377 g/mol. The number of nitrogens with one attached hydrogen (secondary N) is 2. The molecule has 2 amide bonds. The number of nitrogens with zero attached hydrogens (tertiary/aromatic N) is 1. The smallest absolute Gasteiger partial charge is 0.221 e. The summed E-state index contributed by atoms with van der Waals surface area (Å²) in [6.45, 7) is 3.37. The summed E-state index contributed by atoms with van der Waals surface area (Å²) in [5, 5.41) is 5.71. The van der Waals surface area contributed by atoms with Gasteiger partial charge < -0.3 is 15.1 Å². The minimum atomic E-state index is -0.175. The zero-order valence-electron chi connectivity index (χ0n) is 15.9. The molecule has 0 aliphatic carbocycles. The van der Waals surface area contributed by atoms with Crippen LogP contribution in [-0.2, 0) is 16.0 Å². The van der Waals surface area contributed by atoms with Crippen molar-refractivity contribution in [2.45, 2.75) is 32.7 Å². The number of rotatable bonds is 7. The number of aromatic nitrogens is 1. The number of amides is 2. The zero-order chi connectivity index (χ0) is 19.9. The number of aryl methyl sites for hydroxylation is 1. The quantitative estimate of drug-likeness (QED) is 0.649. The Hall–Kier alpha value is -3.41. The molecule has 0 saturated carbocycles. The summed E-state index contributed by atoms with van der Waals surface area (Å²) in [5.74, 6) is 1.01. The lowest BCUT2D eigenvalue weighted by Crippen LogP contribution is -2.26. The van der Waals surface area contributed by atoms with Gasteiger partial charge in [-0.3, -0.25) is 9.59 Å². The highest BCUT2D eigenvalue weighted by atomic mass is 16.4. The summed E-state index contributed by atoms with van der Waals surface area (Å²) >= 11 is 0. The number of carbonyl (C=O) groups is 2. The number of hydrogen-bond donors (Lipinski definition) is 2. The van der Waals surface area contributed by atoms with Crippen molar-refractivity contribution in [2.75, 3.05) is 5.32 Å². The Labute approximate surface area is 164 Å². The van der Waals surface area contributed by atoms with E-state index in [1.54, 1.807) is 6.20 Å². The van der Waals surface area contributed by atoms with Crippen molar-refractivity contribution in [3.8, 4) is 11.3 Å². The molecular formula is C22H23N3O3. The molecule has 1 heterocycles. The summed E-state index contributed by atoms with van der Waals surface area (Å²) in [7, 11) is 0. The van der Waals surface area contributed by atoms with Crippen LogP contribution in [0.3, 0.4) is 0 Å². The molecule has 144 valence electrons. The molecule has 28 heavy (non-hydrogen) atoms. The highest BCUT2D eigenvalue weighted by Gasteiger charge is 2.12. The predicted molar refractivity (Wildman–Crippen MR) is 108 cm³/mol. The molecule has 1 atom stereocenters. The monoisotopic (exact) mass is 377 g/mol. The van der Waals surface area contributed by atoms with Gasteiger partial charge in [0, 0.05) is 31.0 Å². The average Bonchev–Trinajstić information content (AvgIpc) is 3.16. The van der Waals surface area contributed by atoms with E-state index in [1.165, 1.54) is 6.92 Å². The van der Waals surface area contributed by atoms with E-state index in [1.807, 2.05) is 61.5 Å². The van der Waals surface area contributed by atoms with E-state index < -0.39 is 0 Å². The van der Waals surface area contributed by atoms with Gasteiger partial charge in [-0.25, -0.2) is 4.98 Å². The van der Waals surface area contributed by atoms with Crippen LogP contribution < -0.4 is 10.6 Å². The fourth-order valence-corrected chi connectivity index (χ4v) is 2.87. The molecule has 0 radical (unpaired) electrons. The number of carbonyl (C=O) groups excluding carboxylic acids is 2. The van der Waals surface area contributed by atoms with Crippen LogP contribution in [0.15, 0.2) is 65.2 Å². The van der Waals surface area contributed by atoms with E-state index in [4.69, 9.17) is 4.42 Å². The fourth-order valence-electron chi connectivity index (χ4n) is 2.87. The van der Waals surface area contributed by atoms with Gasteiger partial charge in [-0.2, -0.15) is 0 Å². The first-order valence-electron chi connectivity index (χ1n) is 9.18. The lowest BCUT2D eigenvalue weighted by Gasteiger charge is -2.15. The number of hydrogen-bond acceptors (Lipinski definition) is 4. The molecule has 2 N–H and O–H groups in total. The van der Waals surface area contributed by atoms with Crippen molar-refractivity contribution < 1.29 is 14.0 Å². The maximum absolute atomic E-state index is 12.3. The van der Waals surface area contributed by atoms with Crippen LogP contribution in [0.5, 0.6) is 0 Å². The second kappa shape index (κ2) is 8.99. The summed E-state index contributed by atoms with van der Waals surface area (Å²) in [4.78, 5) is 27.7. The normalized spacial score (nSPS) is 11.6. The topological polar surface area (TPSA) is 84.2 Å². The molecule has 1 aromatic heterocycles. The highest BCUT2D eigenvalue weighted by molar-refractivity contribution is 5.88. The lowest BCUT2D eigenvalue weighted by molar-refractivity contribution is -0.121. The van der Waals surface area contributed by atoms with Crippen LogP contribution in [-0.4, -0.2) is 16.8 Å². The molecule has 0 aliphatic heterocycles. The number of anilines is 1. The van der Waals surface area contributed by atoms with Gasteiger partial charge >= 0.3 is 0 Å². The van der Waals surface area contributed by atoms with Gasteiger partial charge in [-0.15, -0.1) is 0 Å². The van der Waals surface area contributed by atoms with Crippen molar-refractivity contribution in [3.63, 3.8) is 0 Å². The molecule has 6 nitrogen and oxygen atoms in total. The Balaban J connectivity index is 1.53. The van der Waals surface area contributed by atoms with Crippen LogP contribution in [0, 0.1) is 0 Å². The molecule has 6 heteroatoms. The Morgan fingerprint density at radius 1 is 1.11 bits per heavy atom. The van der Waals surface area contributed by atoms with E-state index in [0.717, 1.165) is 11.1 Å². The third-order valence-corrected chi connectivity index (χ3v) is 4.26. The first-order chi connectivity index (χ1) is 13.5. The molecule has 0 bridgehead atoms. The zero-order valence-corrected chi connectivity index (χ0v) is 15.9. The molecule has 2 aromatic carbocycles. The molecule has 0 saturated heterocycles. The van der Waals surface area contributed by atoms with E-state index >= 15 is 0 Å². The SMILES string of the molecule is CC(=O)Nc1cccc(C(C)NC(=O)CCc2ncc(-c3ccccc3)o2)c1. The summed E-state index contributed by atoms with van der Waals surface area (Å²) in [5.41, 5.74) is 2.58. The Kier molecular flexibility index (Phi) is 6.22. The molecule has 3 rings (SSSR count). The molecule has 1 unspecified atom stereocenters. The van der Waals surface area contributed by atoms with E-state index in [0.29, 0.717) is 23.8 Å². The van der Waals surface area contributed by atoms with Gasteiger partial charge in [0.25, 0.3) is 0 Å². The summed E-state index contributed by atoms with van der Waals surface area (Å²) < 4.78 is 5.73. The molecule has 0 fully saturated rings. The highest BCUT2D eigenvalue weighted by Crippen LogP contribution is 2.21. The second-order valence-corrected chi connectivity index (χ2v) is 6.58. The van der Waals surface area contributed by atoms with Gasteiger partial charge in [-0.1, -0.05) is 42.5 Å². The molecular weight excluding hydrogens is 354 g/mol. The van der Waals surface area contributed by atoms with Gasteiger partial charge in [0.05, 0.1) is 12.2 Å². The second-order valence-electron chi connectivity index (χ2n) is 6.58. The Bertz CT molecular complexity index is 950. The van der Waals surface area contributed by atoms with Crippen LogP contribution in [0.4, 0.5) is 5.69 Å². The van der Waals surface area contributed by atoms with Gasteiger partial charge in [0.1, 0.15) is 0 Å². The van der Waals surface area contributed by atoms with E-state index in [9.17, 15) is 9.59 Å². The van der Waals surface area contributed by atoms with Crippen molar-refractivity contribution >= 4 is 17.5 Å². The molecule has 0 spiro atoms. The third kappa shape index (κ3) is 5.30. The van der Waals surface area contributed by atoms with Crippen molar-refractivity contribution in [3.05, 3.63) is 72.2 Å². The minimum Gasteiger partial charge on any atom is -0.441 e. The van der Waals surface area contributed by atoms with Crippen LogP contribution >= 0.6 is 0 Å². The maximum Gasteiger partial charge on any atom is 0.221 e. The maximum atomic E-state index is 12.3. The van der Waals surface area contributed by atoms with Crippen LogP contribution in [0.1, 0.15) is 37.8 Å². The standard InChI is InChI=1S/C22H23N3O3/c1-15(18-9-6-10-19(13-18)25-16(2)26)24-21(27)11-12-22-23-14-20(28-22)17-7-4-3-5-8-17/h3-10,13-15H,11-12H2,1-2H3,(H,24,27)(H,25,26). The Morgan fingerprint density at radius 3 is 2.64 bits per heavy atom. The van der Waals surface area contributed by atoms with E-state index in [-0.39, 0.29) is 24.3 Å². The minimum absolute atomic E-state index is 0.0862. The first-order valence-corrected chi connectivity index (χ1v) is 9.18. The predicted octanol–water partition coefficient (Wildman–Crippen LogP) is 4.11.